The van der Waals surface area contributed by atoms with E-state index in [0.29, 0.717) is 5.56 Å². The molecular formula is C20H20F2N2O4. The molecule has 2 aromatic rings. The van der Waals surface area contributed by atoms with Crippen molar-refractivity contribution >= 4 is 23.5 Å². The van der Waals surface area contributed by atoms with Gasteiger partial charge in [0.25, 0.3) is 5.91 Å². The van der Waals surface area contributed by atoms with Gasteiger partial charge in [-0.3, -0.25) is 9.59 Å². The van der Waals surface area contributed by atoms with Gasteiger partial charge in [-0.1, -0.05) is 26.0 Å². The van der Waals surface area contributed by atoms with Gasteiger partial charge < -0.3 is 15.7 Å². The zero-order chi connectivity index (χ0) is 21.0. The number of halogens is 2. The molecule has 148 valence electrons. The largest absolute Gasteiger partial charge is 0.478 e. The second-order valence-corrected chi connectivity index (χ2v) is 6.62. The average molecular weight is 390 g/mol. The standard InChI is InChI=1S/C20H20F2N2O4/c1-10(2)17(24-18(25)16-13(21)5-4-6-14(16)22)19(26)23-15-9-12(20(27)28)8-7-11(15)3/h4-10,17H,1-3H3,(H,23,26)(H,24,25)(H,27,28). The van der Waals surface area contributed by atoms with Crippen LogP contribution in [0.5, 0.6) is 0 Å². The van der Waals surface area contributed by atoms with Crippen molar-refractivity contribution in [1.29, 1.82) is 0 Å². The summed E-state index contributed by atoms with van der Waals surface area (Å²) in [6.45, 7) is 4.99. The summed E-state index contributed by atoms with van der Waals surface area (Å²) in [6, 6.07) is 6.16. The lowest BCUT2D eigenvalue weighted by Gasteiger charge is -2.22. The van der Waals surface area contributed by atoms with Crippen LogP contribution in [0, 0.1) is 24.5 Å². The fraction of sp³-hybridized carbons (Fsp3) is 0.250. The third-order valence-electron chi connectivity index (χ3n) is 4.17. The van der Waals surface area contributed by atoms with Gasteiger partial charge in [-0.2, -0.15) is 0 Å². The predicted octanol–water partition coefficient (Wildman–Crippen LogP) is 3.36. The van der Waals surface area contributed by atoms with Crippen LogP contribution < -0.4 is 10.6 Å². The van der Waals surface area contributed by atoms with Gasteiger partial charge in [0.1, 0.15) is 23.2 Å². The number of carbonyl (C=O) groups is 3. The fourth-order valence-electron chi connectivity index (χ4n) is 2.56. The Balaban J connectivity index is 2.25. The zero-order valence-electron chi connectivity index (χ0n) is 15.5. The Bertz CT molecular complexity index is 908. The number of hydrogen-bond acceptors (Lipinski definition) is 3. The number of amides is 2. The first kappa shape index (κ1) is 21.0. The van der Waals surface area contributed by atoms with Crippen molar-refractivity contribution in [2.45, 2.75) is 26.8 Å². The summed E-state index contributed by atoms with van der Waals surface area (Å²) in [7, 11) is 0. The molecule has 1 atom stereocenters. The van der Waals surface area contributed by atoms with E-state index in [1.54, 1.807) is 20.8 Å². The SMILES string of the molecule is Cc1ccc(C(=O)O)cc1NC(=O)C(NC(=O)c1c(F)cccc1F)C(C)C. The molecule has 3 N–H and O–H groups in total. The van der Waals surface area contributed by atoms with Crippen LogP contribution in [-0.4, -0.2) is 28.9 Å². The minimum Gasteiger partial charge on any atom is -0.478 e. The quantitative estimate of drug-likeness (QED) is 0.705. The van der Waals surface area contributed by atoms with Gasteiger partial charge in [0.15, 0.2) is 0 Å². The molecule has 0 saturated heterocycles. The maximum atomic E-state index is 13.8. The number of nitrogens with one attached hydrogen (secondary N) is 2. The molecule has 2 aromatic carbocycles. The number of hydrogen-bond donors (Lipinski definition) is 3. The minimum atomic E-state index is -1.15. The Kier molecular flexibility index (Phi) is 6.45. The third-order valence-corrected chi connectivity index (χ3v) is 4.17. The van der Waals surface area contributed by atoms with Gasteiger partial charge >= 0.3 is 5.97 Å². The Hall–Kier alpha value is -3.29. The fourth-order valence-corrected chi connectivity index (χ4v) is 2.56. The predicted molar refractivity (Wildman–Crippen MR) is 99.2 cm³/mol. The Morgan fingerprint density at radius 2 is 1.64 bits per heavy atom. The Morgan fingerprint density at radius 3 is 2.18 bits per heavy atom. The molecule has 2 rings (SSSR count). The molecule has 1 unspecified atom stereocenters. The second-order valence-electron chi connectivity index (χ2n) is 6.62. The van der Waals surface area contributed by atoms with E-state index in [2.05, 4.69) is 10.6 Å². The van der Waals surface area contributed by atoms with Crippen molar-refractivity contribution < 1.29 is 28.3 Å². The van der Waals surface area contributed by atoms with Crippen molar-refractivity contribution in [3.8, 4) is 0 Å². The molecule has 0 aliphatic heterocycles. The highest BCUT2D eigenvalue weighted by molar-refractivity contribution is 6.02. The van der Waals surface area contributed by atoms with Crippen LogP contribution in [0.15, 0.2) is 36.4 Å². The van der Waals surface area contributed by atoms with E-state index in [4.69, 9.17) is 5.11 Å². The summed E-state index contributed by atoms with van der Waals surface area (Å²) in [5, 5.41) is 14.0. The molecule has 28 heavy (non-hydrogen) atoms. The van der Waals surface area contributed by atoms with Crippen LogP contribution in [0.1, 0.15) is 40.1 Å². The van der Waals surface area contributed by atoms with Crippen molar-refractivity contribution in [2.24, 2.45) is 5.92 Å². The summed E-state index contributed by atoms with van der Waals surface area (Å²) in [4.78, 5) is 36.1. The number of carbonyl (C=O) groups excluding carboxylic acids is 2. The van der Waals surface area contributed by atoms with Gasteiger partial charge in [-0.15, -0.1) is 0 Å². The normalized spacial score (nSPS) is 11.8. The summed E-state index contributed by atoms with van der Waals surface area (Å²) < 4.78 is 27.6. The molecule has 0 radical (unpaired) electrons. The summed E-state index contributed by atoms with van der Waals surface area (Å²) in [5.41, 5.74) is 0.0960. The number of aromatic carboxylic acids is 1. The molecule has 8 heteroatoms. The maximum Gasteiger partial charge on any atom is 0.335 e. The first-order chi connectivity index (χ1) is 13.1. The molecule has 0 aliphatic rings. The van der Waals surface area contributed by atoms with Crippen molar-refractivity contribution in [3.05, 3.63) is 64.7 Å². The first-order valence-corrected chi connectivity index (χ1v) is 8.51. The molecule has 0 bridgehead atoms. The van der Waals surface area contributed by atoms with E-state index in [-0.39, 0.29) is 11.3 Å². The smallest absolute Gasteiger partial charge is 0.335 e. The molecule has 0 heterocycles. The van der Waals surface area contributed by atoms with E-state index < -0.39 is 46.9 Å². The van der Waals surface area contributed by atoms with E-state index in [1.807, 2.05) is 0 Å². The molecule has 0 aromatic heterocycles. The van der Waals surface area contributed by atoms with Crippen LogP contribution in [0.4, 0.5) is 14.5 Å². The lowest BCUT2D eigenvalue weighted by atomic mass is 10.0. The van der Waals surface area contributed by atoms with Crippen LogP contribution in [0.3, 0.4) is 0 Å². The van der Waals surface area contributed by atoms with Crippen molar-refractivity contribution in [2.75, 3.05) is 5.32 Å². The highest BCUT2D eigenvalue weighted by Gasteiger charge is 2.27. The molecule has 0 saturated carbocycles. The van der Waals surface area contributed by atoms with Crippen molar-refractivity contribution in [1.82, 2.24) is 5.32 Å². The monoisotopic (exact) mass is 390 g/mol. The second kappa shape index (κ2) is 8.60. The molecule has 0 aliphatic carbocycles. The third kappa shape index (κ3) is 4.70. The summed E-state index contributed by atoms with van der Waals surface area (Å²) in [6.07, 6.45) is 0. The number of aryl methyl sites for hydroxylation is 1. The van der Waals surface area contributed by atoms with Crippen LogP contribution in [0.25, 0.3) is 0 Å². The molecule has 0 spiro atoms. The molecule has 0 fully saturated rings. The van der Waals surface area contributed by atoms with Gasteiger partial charge in [0.2, 0.25) is 5.91 Å². The Labute approximate surface area is 160 Å². The number of rotatable bonds is 6. The summed E-state index contributed by atoms with van der Waals surface area (Å²) >= 11 is 0. The summed E-state index contributed by atoms with van der Waals surface area (Å²) in [5.74, 6) is -5.32. The zero-order valence-corrected chi connectivity index (χ0v) is 15.5. The number of benzene rings is 2. The number of anilines is 1. The lowest BCUT2D eigenvalue weighted by molar-refractivity contribution is -0.118. The highest BCUT2D eigenvalue weighted by atomic mass is 19.1. The van der Waals surface area contributed by atoms with E-state index in [9.17, 15) is 23.2 Å². The molecule has 2 amide bonds. The number of carboxylic acids is 1. The molecule has 6 nitrogen and oxygen atoms in total. The van der Waals surface area contributed by atoms with E-state index in [0.717, 1.165) is 18.2 Å². The van der Waals surface area contributed by atoms with Gasteiger partial charge in [-0.25, -0.2) is 13.6 Å². The molecular weight excluding hydrogens is 370 g/mol. The number of carboxylic acid groups (broad SMARTS) is 1. The van der Waals surface area contributed by atoms with Gasteiger partial charge in [-0.05, 0) is 42.7 Å². The van der Waals surface area contributed by atoms with E-state index in [1.165, 1.54) is 18.2 Å². The first-order valence-electron chi connectivity index (χ1n) is 8.51. The minimum absolute atomic E-state index is 0.0144. The van der Waals surface area contributed by atoms with Crippen LogP contribution in [-0.2, 0) is 4.79 Å². The van der Waals surface area contributed by atoms with Crippen LogP contribution >= 0.6 is 0 Å². The van der Waals surface area contributed by atoms with Gasteiger partial charge in [0.05, 0.1) is 5.56 Å². The van der Waals surface area contributed by atoms with Gasteiger partial charge in [0, 0.05) is 5.69 Å². The highest BCUT2D eigenvalue weighted by Crippen LogP contribution is 2.19. The van der Waals surface area contributed by atoms with Crippen molar-refractivity contribution in [3.63, 3.8) is 0 Å². The average Bonchev–Trinajstić information content (AvgIpc) is 2.60. The lowest BCUT2D eigenvalue weighted by Crippen LogP contribution is -2.47. The maximum absolute atomic E-state index is 13.8. The Morgan fingerprint density at radius 1 is 1.04 bits per heavy atom. The van der Waals surface area contributed by atoms with Crippen LogP contribution in [0.2, 0.25) is 0 Å². The van der Waals surface area contributed by atoms with E-state index >= 15 is 0 Å². The topological polar surface area (TPSA) is 95.5 Å².